The van der Waals surface area contributed by atoms with Crippen molar-refractivity contribution in [2.75, 3.05) is 69.5 Å². The maximum Gasteiger partial charge on any atom is 0.305 e. The predicted octanol–water partition coefficient (Wildman–Crippen LogP) is 4.77. The Labute approximate surface area is 271 Å². The van der Waals surface area contributed by atoms with Crippen LogP contribution in [0.25, 0.3) is 0 Å². The molecule has 0 spiro atoms. The lowest BCUT2D eigenvalue weighted by Crippen LogP contribution is -2.57. The molecule has 1 amide bonds. The summed E-state index contributed by atoms with van der Waals surface area (Å²) in [7, 11) is 1.66. The lowest BCUT2D eigenvalue weighted by molar-refractivity contribution is -0.142. The molecular weight excluding hydrogens is 586 g/mol. The molecule has 0 radical (unpaired) electrons. The fraction of sp³-hybridized carbons (Fsp3) is 0.444. The van der Waals surface area contributed by atoms with Gasteiger partial charge in [0.05, 0.1) is 46.1 Å². The highest BCUT2D eigenvalue weighted by molar-refractivity contribution is 5.96. The number of rotatable bonds is 16. The Balaban J connectivity index is 1.11. The summed E-state index contributed by atoms with van der Waals surface area (Å²) in [5.41, 5.74) is 4.21. The molecule has 0 unspecified atom stereocenters. The van der Waals surface area contributed by atoms with Gasteiger partial charge >= 0.3 is 5.97 Å². The number of hydrogen-bond acceptors (Lipinski definition) is 9. The van der Waals surface area contributed by atoms with Gasteiger partial charge in [0, 0.05) is 48.9 Å². The van der Waals surface area contributed by atoms with Gasteiger partial charge in [-0.05, 0) is 54.8 Å². The minimum absolute atomic E-state index is 0.000966. The number of amides is 1. The molecule has 1 N–H and O–H groups in total. The molecule has 0 aromatic heterocycles. The molecule has 3 aromatic carbocycles. The molecule has 0 bridgehead atoms. The first-order valence-electron chi connectivity index (χ1n) is 16.2. The number of carbonyl (C=O) groups is 2. The average molecular weight is 632 g/mol. The molecule has 2 aliphatic heterocycles. The van der Waals surface area contributed by atoms with Crippen LogP contribution in [0.1, 0.15) is 37.3 Å². The Bertz CT molecular complexity index is 1430. The smallest absolute Gasteiger partial charge is 0.305 e. The Hall–Kier alpha value is -4.28. The summed E-state index contributed by atoms with van der Waals surface area (Å²) >= 11 is 0. The average Bonchev–Trinajstić information content (AvgIpc) is 3.09. The Kier molecular flexibility index (Phi) is 12.1. The van der Waals surface area contributed by atoms with E-state index in [9.17, 15) is 9.59 Å². The maximum atomic E-state index is 13.0. The topological polar surface area (TPSA) is 98.8 Å². The highest BCUT2D eigenvalue weighted by Crippen LogP contribution is 2.31. The van der Waals surface area contributed by atoms with E-state index in [0.29, 0.717) is 52.5 Å². The molecule has 2 heterocycles. The van der Waals surface area contributed by atoms with Crippen LogP contribution < -0.4 is 29.3 Å². The van der Waals surface area contributed by atoms with Gasteiger partial charge in [0.1, 0.15) is 30.5 Å². The Morgan fingerprint density at radius 1 is 0.978 bits per heavy atom. The summed E-state index contributed by atoms with van der Waals surface area (Å²) in [6.45, 7) is 6.56. The van der Waals surface area contributed by atoms with Crippen molar-refractivity contribution in [2.45, 2.75) is 45.3 Å². The number of methoxy groups -OCH3 is 1. The van der Waals surface area contributed by atoms with Gasteiger partial charge in [-0.2, -0.15) is 0 Å². The van der Waals surface area contributed by atoms with Crippen molar-refractivity contribution in [3.63, 3.8) is 0 Å². The van der Waals surface area contributed by atoms with Gasteiger partial charge in [0.25, 0.3) is 0 Å². The van der Waals surface area contributed by atoms with E-state index in [1.54, 1.807) is 14.0 Å². The van der Waals surface area contributed by atoms with E-state index in [1.807, 2.05) is 59.5 Å². The van der Waals surface area contributed by atoms with Gasteiger partial charge in [-0.15, -0.1) is 0 Å². The summed E-state index contributed by atoms with van der Waals surface area (Å²) in [4.78, 5) is 28.7. The monoisotopic (exact) mass is 631 g/mol. The fourth-order valence-electron chi connectivity index (χ4n) is 5.79. The van der Waals surface area contributed by atoms with Crippen LogP contribution in [0.15, 0.2) is 66.7 Å². The van der Waals surface area contributed by atoms with Crippen molar-refractivity contribution in [2.24, 2.45) is 0 Å². The van der Waals surface area contributed by atoms with E-state index in [1.165, 1.54) is 5.56 Å². The third-order valence-corrected chi connectivity index (χ3v) is 8.18. The summed E-state index contributed by atoms with van der Waals surface area (Å²) < 4.78 is 28.7. The highest BCUT2D eigenvalue weighted by atomic mass is 16.5. The van der Waals surface area contributed by atoms with E-state index in [4.69, 9.17) is 23.7 Å². The number of nitrogens with one attached hydrogen (secondary N) is 1. The molecule has 0 saturated carbocycles. The van der Waals surface area contributed by atoms with Gasteiger partial charge in [0.15, 0.2) is 0 Å². The van der Waals surface area contributed by atoms with Crippen molar-refractivity contribution in [3.05, 3.63) is 77.9 Å². The van der Waals surface area contributed by atoms with Crippen molar-refractivity contribution in [1.82, 2.24) is 5.32 Å². The summed E-state index contributed by atoms with van der Waals surface area (Å²) in [6, 6.07) is 21.5. The molecule has 0 aliphatic carbocycles. The molecule has 1 fully saturated rings. The Morgan fingerprint density at radius 3 is 2.63 bits per heavy atom. The lowest BCUT2D eigenvalue weighted by atomic mass is 10.0. The van der Waals surface area contributed by atoms with Crippen molar-refractivity contribution in [3.8, 4) is 17.2 Å². The maximum absolute atomic E-state index is 13.0. The number of benzene rings is 3. The SMILES string of the molecule is CCC(=O)OCCN1CCCc2ccc(OC[C@H]3CNCC(=O)N3c3ccc(OCCCOCc4ccccc4OC)cc3)cc21. The van der Waals surface area contributed by atoms with Crippen molar-refractivity contribution >= 4 is 23.3 Å². The van der Waals surface area contributed by atoms with Gasteiger partial charge in [-0.1, -0.05) is 31.2 Å². The van der Waals surface area contributed by atoms with Gasteiger partial charge in [-0.25, -0.2) is 0 Å². The molecule has 10 heteroatoms. The molecule has 5 rings (SSSR count). The number of para-hydroxylation sites is 1. The highest BCUT2D eigenvalue weighted by Gasteiger charge is 2.30. The summed E-state index contributed by atoms with van der Waals surface area (Å²) in [5, 5.41) is 3.22. The normalized spacial score (nSPS) is 16.1. The van der Waals surface area contributed by atoms with E-state index in [2.05, 4.69) is 22.3 Å². The van der Waals surface area contributed by atoms with Crippen LogP contribution in [-0.2, 0) is 32.1 Å². The van der Waals surface area contributed by atoms with E-state index in [-0.39, 0.29) is 24.5 Å². The first kappa shape index (κ1) is 33.1. The molecule has 10 nitrogen and oxygen atoms in total. The summed E-state index contributed by atoms with van der Waals surface area (Å²) in [6.07, 6.45) is 3.19. The van der Waals surface area contributed by atoms with Crippen LogP contribution in [0.4, 0.5) is 11.4 Å². The van der Waals surface area contributed by atoms with Crippen LogP contribution in [0, 0.1) is 0 Å². The van der Waals surface area contributed by atoms with Crippen molar-refractivity contribution < 1.29 is 33.3 Å². The molecule has 1 atom stereocenters. The number of fused-ring (bicyclic) bond motifs is 1. The third kappa shape index (κ3) is 8.92. The zero-order chi connectivity index (χ0) is 32.1. The van der Waals surface area contributed by atoms with Crippen LogP contribution in [-0.4, -0.2) is 77.6 Å². The van der Waals surface area contributed by atoms with Crippen LogP contribution in [0.2, 0.25) is 0 Å². The molecule has 1 saturated heterocycles. The summed E-state index contributed by atoms with van der Waals surface area (Å²) in [5.74, 6) is 2.14. The number of piperazine rings is 1. The molecule has 46 heavy (non-hydrogen) atoms. The molecule has 3 aromatic rings. The van der Waals surface area contributed by atoms with Crippen LogP contribution in [0.3, 0.4) is 0 Å². The number of nitrogens with zero attached hydrogens (tertiary/aromatic N) is 2. The number of esters is 1. The molecular formula is C36H45N3O7. The van der Waals surface area contributed by atoms with E-state index >= 15 is 0 Å². The van der Waals surface area contributed by atoms with E-state index < -0.39 is 0 Å². The number of hydrogen-bond donors (Lipinski definition) is 1. The zero-order valence-corrected chi connectivity index (χ0v) is 26.9. The second-order valence-corrected chi connectivity index (χ2v) is 11.4. The number of anilines is 2. The Morgan fingerprint density at radius 2 is 1.80 bits per heavy atom. The number of ether oxygens (including phenoxy) is 5. The first-order chi connectivity index (χ1) is 22.6. The van der Waals surface area contributed by atoms with Crippen LogP contribution in [0.5, 0.6) is 17.2 Å². The molecule has 246 valence electrons. The first-order valence-corrected chi connectivity index (χ1v) is 16.2. The largest absolute Gasteiger partial charge is 0.496 e. The minimum atomic E-state index is -0.182. The zero-order valence-electron chi connectivity index (χ0n) is 26.9. The van der Waals surface area contributed by atoms with E-state index in [0.717, 1.165) is 60.0 Å². The number of aryl methyl sites for hydroxylation is 1. The predicted molar refractivity (Wildman–Crippen MR) is 177 cm³/mol. The van der Waals surface area contributed by atoms with Gasteiger partial charge < -0.3 is 38.8 Å². The minimum Gasteiger partial charge on any atom is -0.496 e. The van der Waals surface area contributed by atoms with Gasteiger partial charge in [0.2, 0.25) is 5.91 Å². The van der Waals surface area contributed by atoms with Crippen LogP contribution >= 0.6 is 0 Å². The standard InChI is InChI=1S/C36H45N3O7/c1-3-36(41)45-21-18-38-17-6-9-27-11-14-32(22-33(27)38)46-26-30-23-37-24-35(40)39(30)29-12-15-31(16-13-29)44-20-7-19-43-25-28-8-4-5-10-34(28)42-2/h4-5,8,10-16,22,30,37H,3,6-7,9,17-21,23-26H2,1-2H3/t30-/m1/s1. The fourth-order valence-corrected chi connectivity index (χ4v) is 5.79. The second kappa shape index (κ2) is 16.9. The van der Waals surface area contributed by atoms with Crippen molar-refractivity contribution in [1.29, 1.82) is 0 Å². The number of carbonyl (C=O) groups excluding carboxylic acids is 2. The third-order valence-electron chi connectivity index (χ3n) is 8.18. The quantitative estimate of drug-likeness (QED) is 0.177. The van der Waals surface area contributed by atoms with Gasteiger partial charge in [-0.3, -0.25) is 9.59 Å². The second-order valence-electron chi connectivity index (χ2n) is 11.4. The molecule has 2 aliphatic rings. The lowest BCUT2D eigenvalue weighted by Gasteiger charge is -2.36.